The highest BCUT2D eigenvalue weighted by molar-refractivity contribution is 6.39. The number of carboxylic acid groups (broad SMARTS) is 2. The Labute approximate surface area is 265 Å². The number of ether oxygens (including phenoxy) is 1. The fourth-order valence-electron chi connectivity index (χ4n) is 8.32. The van der Waals surface area contributed by atoms with Crippen LogP contribution in [-0.2, 0) is 25.7 Å². The molecule has 0 saturated heterocycles. The number of carbonyl (C=O) groups is 2. The Morgan fingerprint density at radius 1 is 0.795 bits per heavy atom. The van der Waals surface area contributed by atoms with Gasteiger partial charge >= 0.3 is 11.9 Å². The molecule has 0 spiro atoms. The van der Waals surface area contributed by atoms with Gasteiger partial charge in [0.15, 0.2) is 0 Å². The lowest BCUT2D eigenvalue weighted by atomic mass is 9.82. The predicted octanol–water partition coefficient (Wildman–Crippen LogP) is 5.61. The van der Waals surface area contributed by atoms with Gasteiger partial charge in [-0.15, -0.1) is 0 Å². The second kappa shape index (κ2) is 10.5. The Kier molecular flexibility index (Phi) is 6.69. The van der Waals surface area contributed by atoms with Crippen LogP contribution in [0.15, 0.2) is 18.2 Å². The summed E-state index contributed by atoms with van der Waals surface area (Å²) < 4.78 is 9.60. The highest BCUT2D eigenvalue weighted by Crippen LogP contribution is 2.50. The van der Waals surface area contributed by atoms with Crippen LogP contribution in [0.3, 0.4) is 0 Å². The molecule has 2 N–H and O–H groups in total. The first-order valence-corrected chi connectivity index (χ1v) is 16.5. The molecule has 9 heteroatoms. The van der Waals surface area contributed by atoms with E-state index in [0.717, 1.165) is 130 Å². The molecule has 44 heavy (non-hydrogen) atoms. The van der Waals surface area contributed by atoms with Gasteiger partial charge in [-0.1, -0.05) is 23.2 Å². The fourth-order valence-corrected chi connectivity index (χ4v) is 8.93. The number of aromatic carboxylic acids is 2. The minimum atomic E-state index is -1.26. The van der Waals surface area contributed by atoms with Crippen LogP contribution in [0, 0.1) is 0 Å². The van der Waals surface area contributed by atoms with Crippen LogP contribution in [0.25, 0.3) is 5.57 Å². The maximum atomic E-state index is 12.9. The molecule has 0 bridgehead atoms. The third kappa shape index (κ3) is 4.12. The zero-order valence-electron chi connectivity index (χ0n) is 24.4. The first kappa shape index (κ1) is 28.0. The molecule has 3 aromatic rings. The summed E-state index contributed by atoms with van der Waals surface area (Å²) in [6.07, 6.45) is 9.83. The van der Waals surface area contributed by atoms with Crippen molar-refractivity contribution in [2.45, 2.75) is 64.2 Å². The number of halogens is 2. The highest BCUT2D eigenvalue weighted by Gasteiger charge is 2.37. The Bertz CT molecular complexity index is 1950. The van der Waals surface area contributed by atoms with Gasteiger partial charge in [0.25, 0.3) is 0 Å². The summed E-state index contributed by atoms with van der Waals surface area (Å²) in [6, 6.07) is 5.45. The number of anilines is 1. The number of aryl methyl sites for hydroxylation is 2. The molecule has 5 aliphatic heterocycles. The molecule has 5 aliphatic rings. The van der Waals surface area contributed by atoms with E-state index in [1.165, 1.54) is 22.2 Å². The molecule has 0 amide bonds. The van der Waals surface area contributed by atoms with Gasteiger partial charge in [0.2, 0.25) is 5.36 Å². The van der Waals surface area contributed by atoms with Crippen molar-refractivity contribution in [1.82, 2.24) is 4.58 Å². The number of fused-ring (bicyclic) bond motifs is 4. The topological polar surface area (TPSA) is 90.1 Å². The van der Waals surface area contributed by atoms with Crippen LogP contribution >= 0.6 is 23.2 Å². The summed E-state index contributed by atoms with van der Waals surface area (Å²) in [5.74, 6) is -1.03. The molecule has 0 saturated carbocycles. The Balaban J connectivity index is 1.59. The van der Waals surface area contributed by atoms with Gasteiger partial charge in [0.1, 0.15) is 24.6 Å². The minimum Gasteiger partial charge on any atom is -0.478 e. The second-order valence-corrected chi connectivity index (χ2v) is 13.4. The molecule has 0 atom stereocenters. The molecule has 226 valence electrons. The zero-order valence-corrected chi connectivity index (χ0v) is 25.9. The predicted molar refractivity (Wildman–Crippen MR) is 170 cm³/mol. The molecular formula is C35H33Cl2N2O5+. The van der Waals surface area contributed by atoms with Crippen LogP contribution in [0.5, 0.6) is 11.5 Å². The average molecular weight is 633 g/mol. The van der Waals surface area contributed by atoms with E-state index < -0.39 is 11.9 Å². The van der Waals surface area contributed by atoms with Crippen molar-refractivity contribution in [3.8, 4) is 11.5 Å². The van der Waals surface area contributed by atoms with Gasteiger partial charge in [-0.25, -0.2) is 14.2 Å². The standard InChI is InChI=1S/C35H32Cl2N2O5/c36-25-17-24(34(40)41)29(37)28(27(25)35(42)43)26-22-15-18-7-5-13-38-11-3-1-9-20(30(18)38)32(22)44-33-21-10-2-4-12-39-14-6-8-19(31(21)39)16-23(26)33/h15-17H,1-14H2,(H-,40,41,42,43)/p+1. The van der Waals surface area contributed by atoms with E-state index in [2.05, 4.69) is 21.6 Å². The minimum absolute atomic E-state index is 0.122. The molecular weight excluding hydrogens is 599 g/mol. The number of nitrogens with zero attached hydrogens (tertiary/aromatic N) is 2. The summed E-state index contributed by atoms with van der Waals surface area (Å²) in [4.78, 5) is 27.8. The average Bonchev–Trinajstić information content (AvgIpc) is 3.36. The summed E-state index contributed by atoms with van der Waals surface area (Å²) in [5, 5.41) is 22.4. The lowest BCUT2D eigenvalue weighted by Crippen LogP contribution is -2.41. The van der Waals surface area contributed by atoms with Crippen molar-refractivity contribution >= 4 is 46.4 Å². The molecule has 0 radical (unpaired) electrons. The van der Waals surface area contributed by atoms with Crippen molar-refractivity contribution in [2.24, 2.45) is 0 Å². The lowest BCUT2D eigenvalue weighted by Gasteiger charge is -2.35. The van der Waals surface area contributed by atoms with Gasteiger partial charge in [-0.05, 0) is 75.1 Å². The summed E-state index contributed by atoms with van der Waals surface area (Å²) in [5.41, 5.74) is 7.11. The van der Waals surface area contributed by atoms with Crippen LogP contribution in [0.2, 0.25) is 10.0 Å². The Morgan fingerprint density at radius 3 is 2.36 bits per heavy atom. The molecule has 0 aliphatic carbocycles. The van der Waals surface area contributed by atoms with Gasteiger partial charge < -0.3 is 19.8 Å². The number of carboxylic acids is 2. The Morgan fingerprint density at radius 2 is 1.55 bits per heavy atom. The third-order valence-corrected chi connectivity index (χ3v) is 10.8. The maximum Gasteiger partial charge on any atom is 0.337 e. The molecule has 0 unspecified atom stereocenters. The molecule has 0 aromatic heterocycles. The van der Waals surface area contributed by atoms with E-state index in [-0.39, 0.29) is 26.7 Å². The third-order valence-electron chi connectivity index (χ3n) is 10.1. The van der Waals surface area contributed by atoms with Crippen molar-refractivity contribution in [3.05, 3.63) is 83.3 Å². The number of hydrogen-bond acceptors (Lipinski definition) is 4. The molecule has 3 aromatic carbocycles. The number of hydrogen-bond donors (Lipinski definition) is 2. The number of benzene rings is 3. The summed E-state index contributed by atoms with van der Waals surface area (Å²) in [6.45, 7) is 4.02. The second-order valence-electron chi connectivity index (χ2n) is 12.6. The maximum absolute atomic E-state index is 12.9. The van der Waals surface area contributed by atoms with Crippen LogP contribution in [0.4, 0.5) is 5.69 Å². The van der Waals surface area contributed by atoms with Crippen molar-refractivity contribution in [2.75, 3.05) is 31.1 Å². The zero-order chi connectivity index (χ0) is 30.3. The van der Waals surface area contributed by atoms with E-state index in [1.807, 2.05) is 0 Å². The fraction of sp³-hybridized carbons (Fsp3) is 0.400. The Hall–Kier alpha value is -3.55. The normalized spacial score (nSPS) is 18.3. The molecule has 5 heterocycles. The van der Waals surface area contributed by atoms with Crippen LogP contribution in [-0.4, -0.2) is 48.3 Å². The van der Waals surface area contributed by atoms with Crippen LogP contribution in [0.1, 0.15) is 92.6 Å². The largest absolute Gasteiger partial charge is 0.478 e. The number of rotatable bonds is 3. The van der Waals surface area contributed by atoms with Crippen LogP contribution < -0.4 is 24.8 Å². The van der Waals surface area contributed by atoms with E-state index in [4.69, 9.17) is 27.9 Å². The van der Waals surface area contributed by atoms with E-state index in [0.29, 0.717) is 5.57 Å². The van der Waals surface area contributed by atoms with Gasteiger partial charge in [0.05, 0.1) is 26.7 Å². The van der Waals surface area contributed by atoms with Gasteiger partial charge in [0, 0.05) is 64.7 Å². The lowest BCUT2D eigenvalue weighted by molar-refractivity contribution is 0.0681. The first-order chi connectivity index (χ1) is 21.3. The quantitative estimate of drug-likeness (QED) is 0.286. The smallest absolute Gasteiger partial charge is 0.337 e. The van der Waals surface area contributed by atoms with E-state index in [1.54, 1.807) is 0 Å². The molecule has 7 nitrogen and oxygen atoms in total. The molecule has 0 fully saturated rings. The first-order valence-electron chi connectivity index (χ1n) is 15.8. The monoisotopic (exact) mass is 631 g/mol. The molecule has 8 rings (SSSR count). The summed E-state index contributed by atoms with van der Waals surface area (Å²) >= 11 is 13.6. The van der Waals surface area contributed by atoms with Gasteiger partial charge in [-0.2, -0.15) is 0 Å². The van der Waals surface area contributed by atoms with E-state index >= 15 is 0 Å². The van der Waals surface area contributed by atoms with Gasteiger partial charge in [-0.3, -0.25) is 0 Å². The summed E-state index contributed by atoms with van der Waals surface area (Å²) in [7, 11) is 0. The SMILES string of the molecule is O=C(O)c1cc(Cl)c(C(=O)O)c(C2=c3cc4c5c(c3Oc3c2cc2c6c3CCCCN6CCC2)CCCC[N+]=5CCC4)c1Cl. The van der Waals surface area contributed by atoms with Crippen molar-refractivity contribution in [3.63, 3.8) is 0 Å². The van der Waals surface area contributed by atoms with Crippen molar-refractivity contribution in [1.29, 1.82) is 0 Å². The van der Waals surface area contributed by atoms with Crippen molar-refractivity contribution < 1.29 is 24.5 Å². The highest BCUT2D eigenvalue weighted by atomic mass is 35.5. The van der Waals surface area contributed by atoms with E-state index in [9.17, 15) is 19.8 Å².